The second-order valence-corrected chi connectivity index (χ2v) is 6.72. The molecule has 0 bridgehead atoms. The van der Waals surface area contributed by atoms with Crippen LogP contribution < -0.4 is 5.32 Å². The molecule has 23 heavy (non-hydrogen) atoms. The first kappa shape index (κ1) is 16.3. The van der Waals surface area contributed by atoms with Gasteiger partial charge in [-0.15, -0.1) is 0 Å². The first-order chi connectivity index (χ1) is 11.0. The highest BCUT2D eigenvalue weighted by atomic mass is 79.9. The van der Waals surface area contributed by atoms with Gasteiger partial charge < -0.3 is 9.73 Å². The van der Waals surface area contributed by atoms with Gasteiger partial charge in [0.25, 0.3) is 5.91 Å². The lowest BCUT2D eigenvalue weighted by Gasteiger charge is -2.12. The van der Waals surface area contributed by atoms with Gasteiger partial charge in [-0.3, -0.25) is 9.69 Å². The van der Waals surface area contributed by atoms with Gasteiger partial charge >= 0.3 is 6.03 Å². The fourth-order valence-corrected chi connectivity index (χ4v) is 2.89. The number of carbonyl (C=O) groups excluding carboxylic acids is 2. The molecule has 1 aromatic heterocycles. The average Bonchev–Trinajstić information content (AvgIpc) is 2.95. The van der Waals surface area contributed by atoms with Crippen LogP contribution in [0.1, 0.15) is 11.3 Å². The molecule has 1 aromatic carbocycles. The minimum atomic E-state index is -0.495. The number of benzene rings is 1. The lowest BCUT2D eigenvalue weighted by molar-refractivity contribution is -0.123. The number of urea groups is 1. The number of hydrogen-bond donors (Lipinski definition) is 1. The summed E-state index contributed by atoms with van der Waals surface area (Å²) in [6.45, 7) is 0.104. The standard InChI is InChI=1S/C15H9Br2ClN2O3/c16-10-5-9(23-13(10)17)6-12-14(21)20(15(22)19-12)7-8-3-1-2-4-11(8)18/h1-6H,7H2,(H,19,22)/b12-6-. The molecule has 2 aromatic rings. The maximum atomic E-state index is 12.4. The summed E-state index contributed by atoms with van der Waals surface area (Å²) < 4.78 is 6.61. The molecule has 1 N–H and O–H groups in total. The van der Waals surface area contributed by atoms with E-state index in [9.17, 15) is 9.59 Å². The van der Waals surface area contributed by atoms with Crippen LogP contribution in [-0.2, 0) is 11.3 Å². The van der Waals surface area contributed by atoms with Crippen LogP contribution in [0.4, 0.5) is 4.79 Å². The number of nitrogens with zero attached hydrogens (tertiary/aromatic N) is 1. The van der Waals surface area contributed by atoms with Gasteiger partial charge in [-0.1, -0.05) is 29.8 Å². The number of imide groups is 1. The Labute approximate surface area is 153 Å². The summed E-state index contributed by atoms with van der Waals surface area (Å²) in [5, 5.41) is 3.04. The Balaban J connectivity index is 1.84. The molecule has 2 heterocycles. The monoisotopic (exact) mass is 458 g/mol. The molecule has 3 amide bonds. The van der Waals surface area contributed by atoms with E-state index in [-0.39, 0.29) is 12.2 Å². The second-order valence-electron chi connectivity index (χ2n) is 4.74. The van der Waals surface area contributed by atoms with E-state index in [0.29, 0.717) is 25.5 Å². The molecule has 0 saturated carbocycles. The molecule has 0 atom stereocenters. The van der Waals surface area contributed by atoms with Gasteiger partial charge in [-0.05, 0) is 49.6 Å². The highest BCUT2D eigenvalue weighted by Crippen LogP contribution is 2.28. The van der Waals surface area contributed by atoms with E-state index in [1.165, 1.54) is 6.08 Å². The Morgan fingerprint density at radius 2 is 2.00 bits per heavy atom. The minimum Gasteiger partial charge on any atom is -0.449 e. The Morgan fingerprint density at radius 3 is 2.65 bits per heavy atom. The number of nitrogens with one attached hydrogen (secondary N) is 1. The Kier molecular flexibility index (Phi) is 4.61. The molecule has 8 heteroatoms. The average molecular weight is 461 g/mol. The summed E-state index contributed by atoms with van der Waals surface area (Å²) >= 11 is 12.6. The topological polar surface area (TPSA) is 62.6 Å². The number of amides is 3. The molecule has 0 aliphatic carbocycles. The number of furan rings is 1. The largest absolute Gasteiger partial charge is 0.449 e. The van der Waals surface area contributed by atoms with Gasteiger partial charge in [0.05, 0.1) is 11.0 Å². The molecular weight excluding hydrogens is 451 g/mol. The summed E-state index contributed by atoms with van der Waals surface area (Å²) in [6, 6.07) is 8.26. The fourth-order valence-electron chi connectivity index (χ4n) is 2.09. The van der Waals surface area contributed by atoms with Crippen molar-refractivity contribution in [3.05, 3.63) is 61.5 Å². The van der Waals surface area contributed by atoms with Crippen molar-refractivity contribution in [2.45, 2.75) is 6.54 Å². The van der Waals surface area contributed by atoms with E-state index < -0.39 is 11.9 Å². The van der Waals surface area contributed by atoms with Crippen molar-refractivity contribution in [1.29, 1.82) is 0 Å². The smallest absolute Gasteiger partial charge is 0.329 e. The summed E-state index contributed by atoms with van der Waals surface area (Å²) in [5.41, 5.74) is 0.846. The normalized spacial score (nSPS) is 16.3. The van der Waals surface area contributed by atoms with Crippen LogP contribution in [0.15, 0.2) is 49.6 Å². The predicted molar refractivity (Wildman–Crippen MR) is 92.6 cm³/mol. The van der Waals surface area contributed by atoms with E-state index in [0.717, 1.165) is 4.90 Å². The van der Waals surface area contributed by atoms with Crippen molar-refractivity contribution >= 4 is 61.5 Å². The number of halogens is 3. The summed E-state index contributed by atoms with van der Waals surface area (Å²) in [5.74, 6) is 0.00515. The van der Waals surface area contributed by atoms with E-state index >= 15 is 0 Å². The zero-order valence-electron chi connectivity index (χ0n) is 11.5. The molecule has 0 radical (unpaired) electrons. The first-order valence-corrected chi connectivity index (χ1v) is 8.45. The molecular formula is C15H9Br2ClN2O3. The van der Waals surface area contributed by atoms with Crippen LogP contribution in [0.5, 0.6) is 0 Å². The summed E-state index contributed by atoms with van der Waals surface area (Å²) in [4.78, 5) is 25.5. The molecule has 3 rings (SSSR count). The fraction of sp³-hybridized carbons (Fsp3) is 0.0667. The van der Waals surface area contributed by atoms with E-state index in [1.807, 2.05) is 0 Å². The zero-order chi connectivity index (χ0) is 16.6. The van der Waals surface area contributed by atoms with E-state index in [4.69, 9.17) is 16.0 Å². The number of rotatable bonds is 3. The Morgan fingerprint density at radius 1 is 1.26 bits per heavy atom. The number of carbonyl (C=O) groups is 2. The molecule has 1 saturated heterocycles. The molecule has 0 unspecified atom stereocenters. The molecule has 1 aliphatic heterocycles. The minimum absolute atomic E-state index is 0.104. The van der Waals surface area contributed by atoms with Crippen LogP contribution in [-0.4, -0.2) is 16.8 Å². The Hall–Kier alpha value is -1.57. The van der Waals surface area contributed by atoms with Crippen molar-refractivity contribution in [2.24, 2.45) is 0 Å². The van der Waals surface area contributed by atoms with Crippen molar-refractivity contribution < 1.29 is 14.0 Å². The third-order valence-electron chi connectivity index (χ3n) is 3.20. The van der Waals surface area contributed by atoms with Gasteiger partial charge in [0, 0.05) is 11.1 Å². The van der Waals surface area contributed by atoms with Crippen molar-refractivity contribution in [3.8, 4) is 0 Å². The van der Waals surface area contributed by atoms with Crippen molar-refractivity contribution in [2.75, 3.05) is 0 Å². The van der Waals surface area contributed by atoms with E-state index in [2.05, 4.69) is 37.2 Å². The molecule has 118 valence electrons. The van der Waals surface area contributed by atoms with Crippen molar-refractivity contribution in [1.82, 2.24) is 10.2 Å². The zero-order valence-corrected chi connectivity index (χ0v) is 15.4. The second kappa shape index (κ2) is 6.51. The molecule has 5 nitrogen and oxygen atoms in total. The van der Waals surface area contributed by atoms with Gasteiger partial charge in [-0.25, -0.2) is 4.79 Å². The third-order valence-corrected chi connectivity index (χ3v) is 5.28. The molecule has 1 fully saturated rings. The van der Waals surface area contributed by atoms with Crippen LogP contribution in [0, 0.1) is 0 Å². The van der Waals surface area contributed by atoms with Gasteiger partial charge in [0.2, 0.25) is 0 Å². The lowest BCUT2D eigenvalue weighted by Crippen LogP contribution is -2.30. The number of hydrogen-bond acceptors (Lipinski definition) is 3. The SMILES string of the molecule is O=C1N/C(=C\c2cc(Br)c(Br)o2)C(=O)N1Cc1ccccc1Cl. The van der Waals surface area contributed by atoms with Crippen LogP contribution in [0.3, 0.4) is 0 Å². The highest BCUT2D eigenvalue weighted by Gasteiger charge is 2.34. The summed E-state index contributed by atoms with van der Waals surface area (Å²) in [7, 11) is 0. The maximum absolute atomic E-state index is 12.4. The maximum Gasteiger partial charge on any atom is 0.329 e. The summed E-state index contributed by atoms with van der Waals surface area (Å²) in [6.07, 6.45) is 1.47. The lowest BCUT2D eigenvalue weighted by atomic mass is 10.2. The van der Waals surface area contributed by atoms with Crippen molar-refractivity contribution in [3.63, 3.8) is 0 Å². The van der Waals surface area contributed by atoms with Crippen LogP contribution >= 0.6 is 43.5 Å². The predicted octanol–water partition coefficient (Wildman–Crippen LogP) is 4.55. The quantitative estimate of drug-likeness (QED) is 0.540. The van der Waals surface area contributed by atoms with Crippen LogP contribution in [0.25, 0.3) is 6.08 Å². The molecule has 1 aliphatic rings. The first-order valence-electron chi connectivity index (χ1n) is 6.48. The van der Waals surface area contributed by atoms with Gasteiger partial charge in [-0.2, -0.15) is 0 Å². The van der Waals surface area contributed by atoms with Crippen LogP contribution in [0.2, 0.25) is 5.02 Å². The molecule has 0 spiro atoms. The third kappa shape index (κ3) is 3.36. The van der Waals surface area contributed by atoms with E-state index in [1.54, 1.807) is 30.3 Å². The van der Waals surface area contributed by atoms with Gasteiger partial charge in [0.1, 0.15) is 11.5 Å². The van der Waals surface area contributed by atoms with Gasteiger partial charge in [0.15, 0.2) is 4.67 Å². The highest BCUT2D eigenvalue weighted by molar-refractivity contribution is 9.13. The Bertz CT molecular complexity index is 812.